The number of aryl methyl sites for hydroxylation is 2. The van der Waals surface area contributed by atoms with E-state index in [0.717, 1.165) is 102 Å². The van der Waals surface area contributed by atoms with Crippen LogP contribution in [0, 0.1) is 13.8 Å². The molecule has 8 rings (SSSR count). The number of aromatic nitrogens is 6. The third kappa shape index (κ3) is 7.39. The molecule has 2 fully saturated rings. The zero-order valence-electron chi connectivity index (χ0n) is 28.8. The largest absolute Gasteiger partial charge is 0.323 e. The summed E-state index contributed by atoms with van der Waals surface area (Å²) in [6.45, 7) is 10.7. The molecule has 2 aliphatic heterocycles. The predicted octanol–water partition coefficient (Wildman–Crippen LogP) is 5.48. The fraction of sp³-hybridized carbons (Fsp3) is 0.333. The van der Waals surface area contributed by atoms with Crippen molar-refractivity contribution in [3.05, 3.63) is 96.6 Å². The van der Waals surface area contributed by atoms with Crippen LogP contribution in [-0.4, -0.2) is 91.5 Å². The summed E-state index contributed by atoms with van der Waals surface area (Å²) in [4.78, 5) is 11.1. The van der Waals surface area contributed by atoms with E-state index in [1.807, 2.05) is 95.7 Å². The Kier molecular flexibility index (Phi) is 9.89. The van der Waals surface area contributed by atoms with Crippen LogP contribution in [-0.2, 0) is 9.13 Å². The first-order valence-electron chi connectivity index (χ1n) is 17.2. The Morgan fingerprint density at radius 2 is 1.08 bits per heavy atom. The van der Waals surface area contributed by atoms with Crippen molar-refractivity contribution in [1.29, 1.82) is 0 Å². The summed E-state index contributed by atoms with van der Waals surface area (Å²) in [5.41, 5.74) is 5.87. The first-order chi connectivity index (χ1) is 24.2. The summed E-state index contributed by atoms with van der Waals surface area (Å²) in [6.07, 6.45) is 6.64. The lowest BCUT2D eigenvalue weighted by Crippen LogP contribution is -2.36. The van der Waals surface area contributed by atoms with E-state index in [1.165, 1.54) is 0 Å². The number of rotatable bonds is 7. The summed E-state index contributed by atoms with van der Waals surface area (Å²) in [5.74, 6) is 1.09. The summed E-state index contributed by atoms with van der Waals surface area (Å²) in [5, 5.41) is 20.7. The molecule has 6 aromatic rings. The number of nitrogens with one attached hydrogen (secondary N) is 3. The second kappa shape index (κ2) is 14.5. The molecule has 0 spiro atoms. The number of hydrogen-bond donors (Lipinski definition) is 3. The van der Waals surface area contributed by atoms with Crippen LogP contribution in [0.1, 0.15) is 18.3 Å². The molecule has 260 valence electrons. The van der Waals surface area contributed by atoms with Gasteiger partial charge in [0.2, 0.25) is 11.9 Å². The van der Waals surface area contributed by atoms with E-state index in [4.69, 9.17) is 0 Å². The van der Waals surface area contributed by atoms with Gasteiger partial charge in [-0.2, -0.15) is 0 Å². The van der Waals surface area contributed by atoms with Crippen LogP contribution in [0.15, 0.2) is 85.2 Å². The first-order valence-corrected chi connectivity index (χ1v) is 21.3. The summed E-state index contributed by atoms with van der Waals surface area (Å²) < 4.78 is 29.9. The smallest absolute Gasteiger partial charge is 0.245 e. The van der Waals surface area contributed by atoms with Gasteiger partial charge in [0.1, 0.15) is 14.3 Å². The van der Waals surface area contributed by atoms with E-state index >= 15 is 0 Å². The number of nitrogens with zero attached hydrogens (tertiary/aromatic N) is 7. The molecular weight excluding hydrogens is 666 g/mol. The molecule has 0 amide bonds. The van der Waals surface area contributed by atoms with Crippen LogP contribution in [0.5, 0.6) is 0 Å². The van der Waals surface area contributed by atoms with E-state index in [-0.39, 0.29) is 0 Å². The van der Waals surface area contributed by atoms with Crippen LogP contribution in [0.2, 0.25) is 0 Å². The van der Waals surface area contributed by atoms with Gasteiger partial charge in [-0.1, -0.05) is 6.92 Å². The molecule has 12 nitrogen and oxygen atoms in total. The van der Waals surface area contributed by atoms with Crippen LogP contribution >= 0.6 is 14.3 Å². The minimum Gasteiger partial charge on any atom is -0.323 e. The van der Waals surface area contributed by atoms with Gasteiger partial charge < -0.3 is 30.0 Å². The minimum absolute atomic E-state index is 0.544. The average molecular weight is 711 g/mol. The zero-order chi connectivity index (χ0) is 34.7. The number of anilines is 4. The highest BCUT2D eigenvalue weighted by Crippen LogP contribution is 2.46. The topological polar surface area (TPSA) is 134 Å². The van der Waals surface area contributed by atoms with E-state index < -0.39 is 14.3 Å². The lowest BCUT2D eigenvalue weighted by atomic mass is 10.3. The molecule has 0 radical (unpaired) electrons. The molecule has 0 bridgehead atoms. The lowest BCUT2D eigenvalue weighted by Gasteiger charge is -2.31. The SMILES string of the molecule is CCN1CCP(=O)(c2ccc(Nc3ncc4ccc(C)n4n3)cc2)CC1.Cc1ccc2cnc(Nc3ccc(P4(=O)CCNCC4)cc3)nn12. The molecule has 0 atom stereocenters. The fourth-order valence-corrected chi connectivity index (χ4v) is 11.6. The minimum atomic E-state index is -2.25. The molecule has 3 N–H and O–H groups in total. The van der Waals surface area contributed by atoms with Crippen LogP contribution in [0.4, 0.5) is 23.3 Å². The lowest BCUT2D eigenvalue weighted by molar-refractivity contribution is 0.312. The maximum Gasteiger partial charge on any atom is 0.245 e. The van der Waals surface area contributed by atoms with E-state index in [9.17, 15) is 9.13 Å². The Hall–Kier alpha value is -4.34. The maximum atomic E-state index is 13.2. The highest BCUT2D eigenvalue weighted by Gasteiger charge is 2.30. The van der Waals surface area contributed by atoms with Crippen LogP contribution < -0.4 is 26.6 Å². The van der Waals surface area contributed by atoms with Gasteiger partial charge in [0, 0.05) is 84.2 Å². The van der Waals surface area contributed by atoms with Crippen molar-refractivity contribution in [3.63, 3.8) is 0 Å². The third-order valence-electron chi connectivity index (χ3n) is 9.67. The fourth-order valence-electron chi connectivity index (χ4n) is 6.49. The van der Waals surface area contributed by atoms with Crippen LogP contribution in [0.3, 0.4) is 0 Å². The van der Waals surface area contributed by atoms with Crippen molar-refractivity contribution in [2.24, 2.45) is 0 Å². The highest BCUT2D eigenvalue weighted by atomic mass is 31.2. The molecule has 0 saturated carbocycles. The van der Waals surface area contributed by atoms with Crippen molar-refractivity contribution in [1.82, 2.24) is 39.4 Å². The second-order valence-corrected chi connectivity index (χ2v) is 19.4. The molecule has 2 aliphatic rings. The van der Waals surface area contributed by atoms with Gasteiger partial charge in [0.05, 0.1) is 23.4 Å². The summed E-state index contributed by atoms with van der Waals surface area (Å²) in [6, 6.07) is 23.8. The van der Waals surface area contributed by atoms with Gasteiger partial charge in [-0.05, 0) is 93.2 Å². The van der Waals surface area contributed by atoms with E-state index in [2.05, 4.69) is 47.9 Å². The summed E-state index contributed by atoms with van der Waals surface area (Å²) in [7, 11) is -4.48. The molecule has 0 unspecified atom stereocenters. The Morgan fingerprint density at radius 3 is 1.52 bits per heavy atom. The Labute approximate surface area is 292 Å². The highest BCUT2D eigenvalue weighted by molar-refractivity contribution is 7.72. The number of fused-ring (bicyclic) bond motifs is 2. The molecule has 2 aromatic carbocycles. The molecule has 4 aromatic heterocycles. The average Bonchev–Trinajstić information content (AvgIpc) is 3.70. The molecule has 50 heavy (non-hydrogen) atoms. The molecule has 6 heterocycles. The Morgan fingerprint density at radius 1 is 0.640 bits per heavy atom. The number of benzene rings is 2. The second-order valence-electron chi connectivity index (χ2n) is 13.0. The molecular formula is C36H44N10O2P2. The van der Waals surface area contributed by atoms with E-state index in [1.54, 1.807) is 12.4 Å². The van der Waals surface area contributed by atoms with Crippen molar-refractivity contribution in [3.8, 4) is 0 Å². The summed E-state index contributed by atoms with van der Waals surface area (Å²) >= 11 is 0. The predicted molar refractivity (Wildman–Crippen MR) is 204 cm³/mol. The van der Waals surface area contributed by atoms with Gasteiger partial charge in [-0.15, -0.1) is 10.2 Å². The Balaban J connectivity index is 0.000000157. The molecule has 14 heteroatoms. The molecule has 2 saturated heterocycles. The van der Waals surface area contributed by atoms with Gasteiger partial charge in [0.25, 0.3) is 0 Å². The van der Waals surface area contributed by atoms with E-state index in [0.29, 0.717) is 11.9 Å². The maximum absolute atomic E-state index is 13.2. The van der Waals surface area contributed by atoms with Gasteiger partial charge in [-0.25, -0.2) is 19.0 Å². The standard InChI is InChI=1S/C19H24N5OP.C17H20N5OP/c1-3-23-10-12-26(25,13-11-23)18-8-5-16(6-9-18)21-19-20-14-17-7-4-15(2)24(17)22-19;1-13-2-5-15-12-19-17(21-22(13)15)20-14-3-6-16(7-4-14)24(23)10-8-18-9-11-24/h4-9,14H,3,10-13H2,1-2H3,(H,21,22);2-7,12,18H,8-11H2,1H3,(H,20,21). The van der Waals surface area contributed by atoms with Gasteiger partial charge in [0.15, 0.2) is 0 Å². The van der Waals surface area contributed by atoms with Crippen LogP contribution in [0.25, 0.3) is 11.0 Å². The normalized spacial score (nSPS) is 17.3. The first kappa shape index (κ1) is 34.1. The molecule has 0 aliphatic carbocycles. The van der Waals surface area contributed by atoms with Gasteiger partial charge in [-0.3, -0.25) is 0 Å². The Bertz CT molecular complexity index is 2180. The number of hydrogen-bond acceptors (Lipinski definition) is 10. The quantitative estimate of drug-likeness (QED) is 0.183. The van der Waals surface area contributed by atoms with Crippen molar-refractivity contribution in [2.45, 2.75) is 20.8 Å². The van der Waals surface area contributed by atoms with Crippen molar-refractivity contribution in [2.75, 3.05) is 68.0 Å². The monoisotopic (exact) mass is 710 g/mol. The van der Waals surface area contributed by atoms with Gasteiger partial charge >= 0.3 is 0 Å². The van der Waals surface area contributed by atoms with Crippen molar-refractivity contribution >= 4 is 59.2 Å². The van der Waals surface area contributed by atoms with Crippen molar-refractivity contribution < 1.29 is 9.13 Å². The third-order valence-corrected chi connectivity index (χ3v) is 15.9. The zero-order valence-corrected chi connectivity index (χ0v) is 30.6.